The Morgan fingerprint density at radius 3 is 2.70 bits per heavy atom. The van der Waals surface area contributed by atoms with Crippen LogP contribution in [-0.4, -0.2) is 52.1 Å². The molecule has 0 spiro atoms. The lowest BCUT2D eigenvalue weighted by Crippen LogP contribution is -2.47. The highest BCUT2D eigenvalue weighted by Gasteiger charge is 2.48. The second-order valence-corrected chi connectivity index (χ2v) is 7.28. The summed E-state index contributed by atoms with van der Waals surface area (Å²) >= 11 is 1.66. The number of carbonyl (C=O) groups is 2. The van der Waals surface area contributed by atoms with Crippen LogP contribution >= 0.6 is 11.8 Å². The van der Waals surface area contributed by atoms with Crippen molar-refractivity contribution in [2.45, 2.75) is 43.5 Å². The zero-order chi connectivity index (χ0) is 14.1. The van der Waals surface area contributed by atoms with Gasteiger partial charge in [-0.25, -0.2) is 4.79 Å². The number of nitrogens with zero attached hydrogens (tertiary/aromatic N) is 1. The molecule has 3 unspecified atom stereocenters. The van der Waals surface area contributed by atoms with Gasteiger partial charge in [0.1, 0.15) is 6.04 Å². The molecule has 3 atom stereocenters. The van der Waals surface area contributed by atoms with Crippen molar-refractivity contribution in [3.63, 3.8) is 0 Å². The van der Waals surface area contributed by atoms with Crippen molar-refractivity contribution >= 4 is 23.6 Å². The minimum atomic E-state index is -0.851. The summed E-state index contributed by atoms with van der Waals surface area (Å²) in [5, 5.41) is 12.8. The molecule has 2 N–H and O–H groups in total. The van der Waals surface area contributed by atoms with E-state index in [1.54, 1.807) is 16.7 Å². The molecule has 2 heterocycles. The van der Waals surface area contributed by atoms with Gasteiger partial charge < -0.3 is 15.3 Å². The Labute approximate surface area is 123 Å². The van der Waals surface area contributed by atoms with Crippen molar-refractivity contribution in [1.82, 2.24) is 10.2 Å². The Balaban J connectivity index is 1.66. The highest BCUT2D eigenvalue weighted by atomic mass is 32.2. The topological polar surface area (TPSA) is 69.6 Å². The maximum absolute atomic E-state index is 12.6. The maximum atomic E-state index is 12.6. The van der Waals surface area contributed by atoms with Crippen molar-refractivity contribution in [2.24, 2.45) is 11.8 Å². The quantitative estimate of drug-likeness (QED) is 0.814. The van der Waals surface area contributed by atoms with Crippen LogP contribution in [0.5, 0.6) is 0 Å². The first-order chi connectivity index (χ1) is 9.66. The second kappa shape index (κ2) is 5.93. The first kappa shape index (κ1) is 14.2. The fourth-order valence-corrected chi connectivity index (χ4v) is 4.88. The number of carboxylic acids is 1. The minimum absolute atomic E-state index is 0.0491. The fourth-order valence-electron chi connectivity index (χ4n) is 3.23. The molecule has 3 rings (SSSR count). The van der Waals surface area contributed by atoms with E-state index in [0.29, 0.717) is 24.0 Å². The van der Waals surface area contributed by atoms with Gasteiger partial charge in [-0.2, -0.15) is 0 Å². The monoisotopic (exact) mass is 298 g/mol. The van der Waals surface area contributed by atoms with E-state index in [0.717, 1.165) is 38.8 Å². The van der Waals surface area contributed by atoms with Crippen molar-refractivity contribution in [3.8, 4) is 0 Å². The van der Waals surface area contributed by atoms with Gasteiger partial charge >= 0.3 is 5.97 Å². The van der Waals surface area contributed by atoms with Crippen molar-refractivity contribution in [3.05, 3.63) is 0 Å². The molecule has 6 heteroatoms. The first-order valence-electron chi connectivity index (χ1n) is 7.53. The number of carboxylic acid groups (broad SMARTS) is 1. The van der Waals surface area contributed by atoms with Crippen LogP contribution in [0.4, 0.5) is 0 Å². The molecule has 1 aliphatic carbocycles. The van der Waals surface area contributed by atoms with Gasteiger partial charge in [-0.15, -0.1) is 11.8 Å². The Kier molecular flexibility index (Phi) is 4.21. The van der Waals surface area contributed by atoms with Crippen LogP contribution in [0.3, 0.4) is 0 Å². The Hall–Kier alpha value is -0.750. The zero-order valence-corrected chi connectivity index (χ0v) is 12.4. The smallest absolute Gasteiger partial charge is 0.327 e. The number of nitrogens with one attached hydrogen (secondary N) is 1. The molecule has 0 bridgehead atoms. The van der Waals surface area contributed by atoms with Crippen LogP contribution in [0.2, 0.25) is 0 Å². The summed E-state index contributed by atoms with van der Waals surface area (Å²) in [6, 6.07) is -0.616. The molecule has 0 aromatic rings. The van der Waals surface area contributed by atoms with Crippen LogP contribution in [0.25, 0.3) is 0 Å². The summed E-state index contributed by atoms with van der Waals surface area (Å²) in [6.07, 6.45) is 4.96. The molecule has 0 radical (unpaired) electrons. The van der Waals surface area contributed by atoms with Crippen LogP contribution < -0.4 is 5.32 Å². The molecule has 0 aromatic heterocycles. The first-order valence-corrected chi connectivity index (χ1v) is 8.58. The molecule has 3 aliphatic rings. The lowest BCUT2D eigenvalue weighted by Gasteiger charge is -2.30. The summed E-state index contributed by atoms with van der Waals surface area (Å²) in [5.74, 6) is 0.642. The van der Waals surface area contributed by atoms with E-state index in [2.05, 4.69) is 5.32 Å². The van der Waals surface area contributed by atoms with Gasteiger partial charge in [0.2, 0.25) is 5.91 Å². The summed E-state index contributed by atoms with van der Waals surface area (Å²) in [6.45, 7) is 1.92. The number of amides is 1. The van der Waals surface area contributed by atoms with E-state index in [9.17, 15) is 14.7 Å². The van der Waals surface area contributed by atoms with Gasteiger partial charge in [-0.1, -0.05) is 0 Å². The van der Waals surface area contributed by atoms with Crippen LogP contribution in [0, 0.1) is 11.8 Å². The summed E-state index contributed by atoms with van der Waals surface area (Å²) in [4.78, 5) is 25.7. The van der Waals surface area contributed by atoms with Gasteiger partial charge in [0.15, 0.2) is 0 Å². The zero-order valence-electron chi connectivity index (χ0n) is 11.6. The van der Waals surface area contributed by atoms with Gasteiger partial charge in [0.25, 0.3) is 0 Å². The lowest BCUT2D eigenvalue weighted by molar-refractivity contribution is -0.149. The molecule has 112 valence electrons. The summed E-state index contributed by atoms with van der Waals surface area (Å²) < 4.78 is 0. The highest BCUT2D eigenvalue weighted by molar-refractivity contribution is 8.00. The van der Waals surface area contributed by atoms with Gasteiger partial charge in [-0.3, -0.25) is 4.79 Å². The fraction of sp³-hybridized carbons (Fsp3) is 0.857. The third-order valence-electron chi connectivity index (χ3n) is 4.50. The van der Waals surface area contributed by atoms with Crippen molar-refractivity contribution in [2.75, 3.05) is 18.8 Å². The largest absolute Gasteiger partial charge is 0.480 e. The molecule has 0 aromatic carbocycles. The van der Waals surface area contributed by atoms with E-state index < -0.39 is 12.0 Å². The van der Waals surface area contributed by atoms with Gasteiger partial charge in [0.05, 0.1) is 5.37 Å². The van der Waals surface area contributed by atoms with Crippen molar-refractivity contribution in [1.29, 1.82) is 0 Å². The van der Waals surface area contributed by atoms with Crippen LogP contribution in [0.1, 0.15) is 32.1 Å². The SMILES string of the molecule is O=C(O)C1CSC(C2CC2)N1C(=O)CC1CCCNC1. The number of thioether (sulfide) groups is 1. The van der Waals surface area contributed by atoms with Crippen molar-refractivity contribution < 1.29 is 14.7 Å². The second-order valence-electron chi connectivity index (χ2n) is 6.13. The molecule has 1 saturated carbocycles. The van der Waals surface area contributed by atoms with E-state index in [1.165, 1.54) is 0 Å². The van der Waals surface area contributed by atoms with E-state index in [1.807, 2.05) is 0 Å². The average molecular weight is 298 g/mol. The van der Waals surface area contributed by atoms with Gasteiger partial charge in [0, 0.05) is 12.2 Å². The molecule has 1 amide bonds. The maximum Gasteiger partial charge on any atom is 0.327 e. The average Bonchev–Trinajstić information content (AvgIpc) is 3.17. The number of carbonyl (C=O) groups excluding carboxylic acids is 1. The summed E-state index contributed by atoms with van der Waals surface area (Å²) in [7, 11) is 0. The van der Waals surface area contributed by atoms with E-state index >= 15 is 0 Å². The molecule has 2 aliphatic heterocycles. The molecule has 3 fully saturated rings. The third-order valence-corrected chi connectivity index (χ3v) is 5.96. The molecular formula is C14H22N2O3S. The third kappa shape index (κ3) is 2.96. The summed E-state index contributed by atoms with van der Waals surface area (Å²) in [5.41, 5.74) is 0. The molecule has 5 nitrogen and oxygen atoms in total. The number of hydrogen-bond donors (Lipinski definition) is 2. The molecular weight excluding hydrogens is 276 g/mol. The Morgan fingerprint density at radius 2 is 2.10 bits per heavy atom. The number of rotatable bonds is 4. The van der Waals surface area contributed by atoms with Crippen LogP contribution in [0.15, 0.2) is 0 Å². The predicted octanol–water partition coefficient (Wildman–Crippen LogP) is 1.14. The standard InChI is InChI=1S/C14H22N2O3S/c17-12(6-9-2-1-5-15-7-9)16-11(14(18)19)8-20-13(16)10-3-4-10/h9-11,13,15H,1-8H2,(H,18,19). The van der Waals surface area contributed by atoms with E-state index in [4.69, 9.17) is 0 Å². The van der Waals surface area contributed by atoms with E-state index in [-0.39, 0.29) is 11.3 Å². The highest BCUT2D eigenvalue weighted by Crippen LogP contribution is 2.45. The Morgan fingerprint density at radius 1 is 1.30 bits per heavy atom. The van der Waals surface area contributed by atoms with Gasteiger partial charge in [-0.05, 0) is 50.6 Å². The number of aliphatic carboxylic acids is 1. The van der Waals surface area contributed by atoms with Crippen LogP contribution in [-0.2, 0) is 9.59 Å². The molecule has 20 heavy (non-hydrogen) atoms. The number of hydrogen-bond acceptors (Lipinski definition) is 4. The minimum Gasteiger partial charge on any atom is -0.480 e. The predicted molar refractivity (Wildman–Crippen MR) is 77.5 cm³/mol. The molecule has 2 saturated heterocycles. The number of piperidine rings is 1. The lowest BCUT2D eigenvalue weighted by atomic mass is 9.95. The Bertz CT molecular complexity index is 394. The normalized spacial score (nSPS) is 34.2.